The van der Waals surface area contributed by atoms with Crippen LogP contribution in [0, 0.1) is 0 Å². The summed E-state index contributed by atoms with van der Waals surface area (Å²) in [7, 11) is -3.73. The van der Waals surface area contributed by atoms with Crippen molar-refractivity contribution in [3.63, 3.8) is 0 Å². The van der Waals surface area contributed by atoms with Crippen molar-refractivity contribution < 1.29 is 17.9 Å². The van der Waals surface area contributed by atoms with Gasteiger partial charge in [0.25, 0.3) is 0 Å². The highest BCUT2D eigenvalue weighted by atomic mass is 32.2. The van der Waals surface area contributed by atoms with Crippen molar-refractivity contribution in [2.75, 3.05) is 36.9 Å². The van der Waals surface area contributed by atoms with Gasteiger partial charge >= 0.3 is 0 Å². The number of nitrogens with two attached hydrogens (primary N) is 2. The number of anilines is 2. The van der Waals surface area contributed by atoms with Crippen LogP contribution in [0.15, 0.2) is 23.1 Å². The largest absolute Gasteiger partial charge is 0.397 e. The summed E-state index contributed by atoms with van der Waals surface area (Å²) >= 11 is 0. The number of hydrogen-bond acceptors (Lipinski definition) is 6. The molecule has 1 spiro atoms. The molecule has 0 bridgehead atoms. The van der Waals surface area contributed by atoms with E-state index in [-0.39, 0.29) is 4.90 Å². The number of nitrogens with zero attached hydrogens (tertiary/aromatic N) is 1. The predicted octanol–water partition coefficient (Wildman–Crippen LogP) is 0.259. The fourth-order valence-corrected chi connectivity index (χ4v) is 3.38. The van der Waals surface area contributed by atoms with Crippen LogP contribution in [-0.4, -0.2) is 40.5 Å². The van der Waals surface area contributed by atoms with Gasteiger partial charge in [-0.15, -0.1) is 0 Å². The van der Waals surface area contributed by atoms with Gasteiger partial charge < -0.3 is 20.1 Å². The highest BCUT2D eigenvalue weighted by Gasteiger charge is 2.40. The second kappa shape index (κ2) is 5.13. The Kier molecular flexibility index (Phi) is 3.56. The highest BCUT2D eigenvalue weighted by Crippen LogP contribution is 2.35. The molecule has 0 radical (unpaired) electrons. The molecule has 0 atom stereocenters. The average molecular weight is 313 g/mol. The Balaban J connectivity index is 1.81. The van der Waals surface area contributed by atoms with E-state index in [0.717, 1.165) is 12.8 Å². The van der Waals surface area contributed by atoms with E-state index in [1.807, 2.05) is 4.90 Å². The van der Waals surface area contributed by atoms with Crippen molar-refractivity contribution in [1.82, 2.24) is 0 Å². The van der Waals surface area contributed by atoms with Crippen LogP contribution in [-0.2, 0) is 19.5 Å². The number of piperidine rings is 1. The van der Waals surface area contributed by atoms with Crippen LogP contribution < -0.4 is 15.8 Å². The Labute approximate surface area is 123 Å². The van der Waals surface area contributed by atoms with Gasteiger partial charge in [-0.25, -0.2) is 13.6 Å². The fraction of sp³-hybridized carbons (Fsp3) is 0.538. The van der Waals surface area contributed by atoms with Crippen LogP contribution in [0.4, 0.5) is 11.4 Å². The minimum Gasteiger partial charge on any atom is -0.397 e. The molecule has 0 amide bonds. The molecule has 8 heteroatoms. The molecule has 2 saturated heterocycles. The number of primary sulfonamides is 1. The molecule has 2 heterocycles. The Hall–Kier alpha value is -1.35. The molecule has 21 heavy (non-hydrogen) atoms. The monoisotopic (exact) mass is 313 g/mol. The molecule has 0 aromatic heterocycles. The minimum absolute atomic E-state index is 0.0698. The maximum atomic E-state index is 11.5. The highest BCUT2D eigenvalue weighted by molar-refractivity contribution is 7.89. The molecule has 1 aromatic rings. The van der Waals surface area contributed by atoms with Gasteiger partial charge in [0, 0.05) is 25.9 Å². The Morgan fingerprint density at radius 2 is 1.76 bits per heavy atom. The molecular formula is C13H19N3O4S. The third-order valence-electron chi connectivity index (χ3n) is 4.01. The van der Waals surface area contributed by atoms with Gasteiger partial charge in [0.05, 0.1) is 29.5 Å². The first kappa shape index (κ1) is 14.6. The minimum atomic E-state index is -3.73. The summed E-state index contributed by atoms with van der Waals surface area (Å²) in [6, 6.07) is 4.52. The third kappa shape index (κ3) is 2.84. The second-order valence-corrected chi connectivity index (χ2v) is 6.92. The van der Waals surface area contributed by atoms with E-state index in [1.165, 1.54) is 12.1 Å². The SMILES string of the molecule is Nc1ccc(S(N)(=O)=O)cc1N1CCC2(CC1)OCCO2. The van der Waals surface area contributed by atoms with E-state index in [2.05, 4.69) is 0 Å². The van der Waals surface area contributed by atoms with Gasteiger partial charge in [-0.2, -0.15) is 0 Å². The molecule has 2 aliphatic rings. The Morgan fingerprint density at radius 3 is 2.33 bits per heavy atom. The maximum absolute atomic E-state index is 11.5. The Bertz CT molecular complexity index is 631. The average Bonchev–Trinajstić information content (AvgIpc) is 2.88. The van der Waals surface area contributed by atoms with Gasteiger partial charge in [-0.1, -0.05) is 0 Å². The quantitative estimate of drug-likeness (QED) is 0.758. The first-order valence-electron chi connectivity index (χ1n) is 6.85. The molecule has 1 aromatic carbocycles. The van der Waals surface area contributed by atoms with E-state index < -0.39 is 15.8 Å². The van der Waals surface area contributed by atoms with Crippen LogP contribution in [0.25, 0.3) is 0 Å². The lowest BCUT2D eigenvalue weighted by atomic mass is 10.0. The number of benzene rings is 1. The molecular weight excluding hydrogens is 294 g/mol. The zero-order valence-corrected chi connectivity index (χ0v) is 12.4. The lowest BCUT2D eigenvalue weighted by Gasteiger charge is -2.39. The fourth-order valence-electron chi connectivity index (χ4n) is 2.85. The number of ether oxygens (including phenoxy) is 2. The lowest BCUT2D eigenvalue weighted by Crippen LogP contribution is -2.45. The summed E-state index contributed by atoms with van der Waals surface area (Å²) in [6.45, 7) is 2.64. The summed E-state index contributed by atoms with van der Waals surface area (Å²) in [5.74, 6) is -0.469. The molecule has 2 fully saturated rings. The summed E-state index contributed by atoms with van der Waals surface area (Å²) < 4.78 is 34.3. The van der Waals surface area contributed by atoms with E-state index >= 15 is 0 Å². The number of sulfonamides is 1. The lowest BCUT2D eigenvalue weighted by molar-refractivity contribution is -0.169. The summed E-state index contributed by atoms with van der Waals surface area (Å²) in [4.78, 5) is 2.11. The predicted molar refractivity (Wildman–Crippen MR) is 78.3 cm³/mol. The number of rotatable bonds is 2. The summed E-state index contributed by atoms with van der Waals surface area (Å²) in [5, 5.41) is 5.17. The smallest absolute Gasteiger partial charge is 0.238 e. The zero-order chi connectivity index (χ0) is 15.1. The third-order valence-corrected chi connectivity index (χ3v) is 4.92. The molecule has 0 aliphatic carbocycles. The number of nitrogen functional groups attached to an aromatic ring is 1. The molecule has 116 valence electrons. The van der Waals surface area contributed by atoms with Crippen molar-refractivity contribution in [2.24, 2.45) is 5.14 Å². The van der Waals surface area contributed by atoms with Crippen LogP contribution in [0.2, 0.25) is 0 Å². The van der Waals surface area contributed by atoms with Crippen molar-refractivity contribution in [1.29, 1.82) is 0 Å². The van der Waals surface area contributed by atoms with Gasteiger partial charge in [0.15, 0.2) is 5.79 Å². The van der Waals surface area contributed by atoms with Crippen molar-refractivity contribution >= 4 is 21.4 Å². The van der Waals surface area contributed by atoms with Gasteiger partial charge in [0.1, 0.15) is 0 Å². The van der Waals surface area contributed by atoms with Crippen LogP contribution >= 0.6 is 0 Å². The van der Waals surface area contributed by atoms with Gasteiger partial charge in [-0.3, -0.25) is 0 Å². The molecule has 4 N–H and O–H groups in total. The van der Waals surface area contributed by atoms with Crippen LogP contribution in [0.5, 0.6) is 0 Å². The summed E-state index contributed by atoms with van der Waals surface area (Å²) in [6.07, 6.45) is 1.46. The molecule has 0 saturated carbocycles. The maximum Gasteiger partial charge on any atom is 0.238 e. The number of hydrogen-bond donors (Lipinski definition) is 2. The van der Waals surface area contributed by atoms with Crippen molar-refractivity contribution in [3.05, 3.63) is 18.2 Å². The van der Waals surface area contributed by atoms with Gasteiger partial charge in [-0.05, 0) is 18.2 Å². The summed E-state index contributed by atoms with van der Waals surface area (Å²) in [5.41, 5.74) is 7.19. The van der Waals surface area contributed by atoms with Crippen molar-refractivity contribution in [3.8, 4) is 0 Å². The van der Waals surface area contributed by atoms with Crippen LogP contribution in [0.3, 0.4) is 0 Å². The Morgan fingerprint density at radius 1 is 1.14 bits per heavy atom. The van der Waals surface area contributed by atoms with Crippen LogP contribution in [0.1, 0.15) is 12.8 Å². The van der Waals surface area contributed by atoms with Crippen molar-refractivity contribution in [2.45, 2.75) is 23.5 Å². The molecule has 0 unspecified atom stereocenters. The first-order valence-corrected chi connectivity index (χ1v) is 8.39. The normalized spacial score (nSPS) is 21.9. The molecule has 2 aliphatic heterocycles. The van der Waals surface area contributed by atoms with E-state index in [0.29, 0.717) is 37.7 Å². The first-order chi connectivity index (χ1) is 9.90. The zero-order valence-electron chi connectivity index (χ0n) is 11.6. The molecule has 3 rings (SSSR count). The van der Waals surface area contributed by atoms with E-state index in [4.69, 9.17) is 20.3 Å². The molecule has 7 nitrogen and oxygen atoms in total. The van der Waals surface area contributed by atoms with Gasteiger partial charge in [0.2, 0.25) is 10.0 Å². The van der Waals surface area contributed by atoms with E-state index in [9.17, 15) is 8.42 Å². The standard InChI is InChI=1S/C13H19N3O4S/c14-11-2-1-10(21(15,17)18)9-12(11)16-5-3-13(4-6-16)19-7-8-20-13/h1-2,9H,3-8,14H2,(H2,15,17,18). The van der Waals surface area contributed by atoms with E-state index in [1.54, 1.807) is 6.07 Å². The topological polar surface area (TPSA) is 108 Å². The second-order valence-electron chi connectivity index (χ2n) is 5.36.